The zero-order valence-corrected chi connectivity index (χ0v) is 11.2. The van der Waals surface area contributed by atoms with Crippen molar-refractivity contribution in [1.82, 2.24) is 10.2 Å². The van der Waals surface area contributed by atoms with Crippen molar-refractivity contribution >= 4 is 11.8 Å². The Morgan fingerprint density at radius 1 is 1.18 bits per heavy atom. The first-order chi connectivity index (χ1) is 8.20. The molecule has 0 aliphatic carbocycles. The Morgan fingerprint density at radius 2 is 2.00 bits per heavy atom. The Kier molecular flexibility index (Phi) is 3.84. The summed E-state index contributed by atoms with van der Waals surface area (Å²) < 4.78 is 5.61. The van der Waals surface area contributed by atoms with Gasteiger partial charge in [-0.15, -0.1) is 10.2 Å². The van der Waals surface area contributed by atoms with E-state index in [-0.39, 0.29) is 0 Å². The smallest absolute Gasteiger partial charge is 0.276 e. The predicted octanol–water partition coefficient (Wildman–Crippen LogP) is 3.86. The molecule has 0 bridgehead atoms. The highest BCUT2D eigenvalue weighted by Gasteiger charge is 2.09. The SMILES string of the molecule is CCCSc1nnc(-c2ccc(C)c(C)c2)o1. The van der Waals surface area contributed by atoms with Gasteiger partial charge in [0, 0.05) is 11.3 Å². The Balaban J connectivity index is 2.21. The first-order valence-electron chi connectivity index (χ1n) is 5.74. The molecule has 1 heterocycles. The number of hydrogen-bond donors (Lipinski definition) is 0. The minimum atomic E-state index is 0.603. The van der Waals surface area contributed by atoms with E-state index in [0.29, 0.717) is 11.1 Å². The van der Waals surface area contributed by atoms with Gasteiger partial charge in [-0.2, -0.15) is 0 Å². The van der Waals surface area contributed by atoms with Crippen LogP contribution in [0.1, 0.15) is 24.5 Å². The van der Waals surface area contributed by atoms with Gasteiger partial charge in [-0.05, 0) is 43.5 Å². The molecule has 0 amide bonds. The van der Waals surface area contributed by atoms with Crippen LogP contribution in [0.5, 0.6) is 0 Å². The molecule has 2 rings (SSSR count). The van der Waals surface area contributed by atoms with Gasteiger partial charge in [-0.1, -0.05) is 24.8 Å². The maximum atomic E-state index is 5.61. The van der Waals surface area contributed by atoms with Gasteiger partial charge in [0.15, 0.2) is 0 Å². The van der Waals surface area contributed by atoms with E-state index < -0.39 is 0 Å². The summed E-state index contributed by atoms with van der Waals surface area (Å²) in [6, 6.07) is 6.18. The van der Waals surface area contributed by atoms with Gasteiger partial charge in [0.1, 0.15) is 0 Å². The Bertz CT molecular complexity index is 508. The Morgan fingerprint density at radius 3 is 2.71 bits per heavy atom. The second-order valence-electron chi connectivity index (χ2n) is 4.02. The summed E-state index contributed by atoms with van der Waals surface area (Å²) in [6.07, 6.45) is 1.10. The minimum absolute atomic E-state index is 0.603. The van der Waals surface area contributed by atoms with E-state index in [2.05, 4.69) is 43.1 Å². The number of nitrogens with zero attached hydrogens (tertiary/aromatic N) is 2. The van der Waals surface area contributed by atoms with E-state index in [0.717, 1.165) is 17.7 Å². The Hall–Kier alpha value is -1.29. The van der Waals surface area contributed by atoms with Crippen molar-refractivity contribution in [3.8, 4) is 11.5 Å². The first kappa shape index (κ1) is 12.2. The summed E-state index contributed by atoms with van der Waals surface area (Å²) in [4.78, 5) is 0. The molecule has 0 fully saturated rings. The Labute approximate surface area is 106 Å². The van der Waals surface area contributed by atoms with Crippen LogP contribution in [0.4, 0.5) is 0 Å². The third-order valence-corrected chi connectivity index (χ3v) is 3.61. The van der Waals surface area contributed by atoms with Gasteiger partial charge in [0.2, 0.25) is 5.89 Å². The number of rotatable bonds is 4. The summed E-state index contributed by atoms with van der Waals surface area (Å²) >= 11 is 1.60. The van der Waals surface area contributed by atoms with E-state index in [9.17, 15) is 0 Å². The first-order valence-corrected chi connectivity index (χ1v) is 6.73. The summed E-state index contributed by atoms with van der Waals surface area (Å²) in [5.41, 5.74) is 3.50. The van der Waals surface area contributed by atoms with Gasteiger partial charge >= 0.3 is 0 Å². The summed E-state index contributed by atoms with van der Waals surface area (Å²) in [5, 5.41) is 8.75. The van der Waals surface area contributed by atoms with E-state index in [1.807, 2.05) is 6.07 Å². The van der Waals surface area contributed by atoms with E-state index in [4.69, 9.17) is 4.42 Å². The van der Waals surface area contributed by atoms with E-state index in [1.54, 1.807) is 11.8 Å². The van der Waals surface area contributed by atoms with Crippen LogP contribution < -0.4 is 0 Å². The normalized spacial score (nSPS) is 10.8. The fourth-order valence-electron chi connectivity index (χ4n) is 1.45. The van der Waals surface area contributed by atoms with Crippen LogP contribution in [-0.2, 0) is 0 Å². The van der Waals surface area contributed by atoms with Crippen molar-refractivity contribution < 1.29 is 4.42 Å². The van der Waals surface area contributed by atoms with Crippen LogP contribution >= 0.6 is 11.8 Å². The largest absolute Gasteiger partial charge is 0.411 e. The zero-order chi connectivity index (χ0) is 12.3. The lowest BCUT2D eigenvalue weighted by molar-refractivity contribution is 0.466. The molecule has 17 heavy (non-hydrogen) atoms. The monoisotopic (exact) mass is 248 g/mol. The summed E-state index contributed by atoms with van der Waals surface area (Å²) in [5.74, 6) is 1.61. The van der Waals surface area contributed by atoms with Crippen LogP contribution in [0, 0.1) is 13.8 Å². The molecule has 0 unspecified atom stereocenters. The molecule has 0 saturated heterocycles. The maximum Gasteiger partial charge on any atom is 0.276 e. The lowest BCUT2D eigenvalue weighted by Gasteiger charge is -2.00. The lowest BCUT2D eigenvalue weighted by Crippen LogP contribution is -1.83. The lowest BCUT2D eigenvalue weighted by atomic mass is 10.1. The van der Waals surface area contributed by atoms with Crippen molar-refractivity contribution in [3.63, 3.8) is 0 Å². The maximum absolute atomic E-state index is 5.61. The van der Waals surface area contributed by atoms with Crippen LogP contribution in [0.3, 0.4) is 0 Å². The fourth-order valence-corrected chi connectivity index (χ4v) is 2.06. The van der Waals surface area contributed by atoms with Crippen molar-refractivity contribution in [1.29, 1.82) is 0 Å². The molecule has 0 spiro atoms. The number of aryl methyl sites for hydroxylation is 2. The third-order valence-electron chi connectivity index (χ3n) is 2.59. The van der Waals surface area contributed by atoms with E-state index in [1.165, 1.54) is 11.1 Å². The molecule has 3 nitrogen and oxygen atoms in total. The van der Waals surface area contributed by atoms with Crippen molar-refractivity contribution in [3.05, 3.63) is 29.3 Å². The van der Waals surface area contributed by atoms with Crippen LogP contribution in [0.2, 0.25) is 0 Å². The molecule has 0 N–H and O–H groups in total. The predicted molar refractivity (Wildman–Crippen MR) is 70.2 cm³/mol. The van der Waals surface area contributed by atoms with Crippen LogP contribution in [0.15, 0.2) is 27.8 Å². The van der Waals surface area contributed by atoms with Gasteiger partial charge in [0.25, 0.3) is 5.22 Å². The second-order valence-corrected chi connectivity index (χ2v) is 5.07. The highest BCUT2D eigenvalue weighted by Crippen LogP contribution is 2.24. The number of thioether (sulfide) groups is 1. The van der Waals surface area contributed by atoms with Crippen molar-refractivity contribution in [2.45, 2.75) is 32.4 Å². The van der Waals surface area contributed by atoms with Gasteiger partial charge in [-0.3, -0.25) is 0 Å². The summed E-state index contributed by atoms with van der Waals surface area (Å²) in [6.45, 7) is 6.31. The number of benzene rings is 1. The zero-order valence-electron chi connectivity index (χ0n) is 10.4. The molecule has 0 aliphatic rings. The molecule has 90 valence electrons. The average molecular weight is 248 g/mol. The van der Waals surface area contributed by atoms with Crippen LogP contribution in [-0.4, -0.2) is 16.0 Å². The molecule has 0 radical (unpaired) electrons. The fraction of sp³-hybridized carbons (Fsp3) is 0.385. The molecule has 0 saturated carbocycles. The van der Waals surface area contributed by atoms with Gasteiger partial charge in [-0.25, -0.2) is 0 Å². The van der Waals surface area contributed by atoms with Crippen LogP contribution in [0.25, 0.3) is 11.5 Å². The van der Waals surface area contributed by atoms with Gasteiger partial charge < -0.3 is 4.42 Å². The molecule has 0 atom stereocenters. The minimum Gasteiger partial charge on any atom is -0.411 e. The topological polar surface area (TPSA) is 38.9 Å². The molecule has 4 heteroatoms. The van der Waals surface area contributed by atoms with Crippen molar-refractivity contribution in [2.24, 2.45) is 0 Å². The second kappa shape index (κ2) is 5.36. The average Bonchev–Trinajstić information content (AvgIpc) is 2.79. The molecule has 2 aromatic rings. The molecular weight excluding hydrogens is 232 g/mol. The van der Waals surface area contributed by atoms with Crippen molar-refractivity contribution in [2.75, 3.05) is 5.75 Å². The molecule has 0 aliphatic heterocycles. The van der Waals surface area contributed by atoms with Gasteiger partial charge in [0.05, 0.1) is 0 Å². The number of hydrogen-bond acceptors (Lipinski definition) is 4. The molecule has 1 aromatic heterocycles. The standard InChI is InChI=1S/C13H16N2OS/c1-4-7-17-13-15-14-12(16-13)11-6-5-9(2)10(3)8-11/h5-6,8H,4,7H2,1-3H3. The molecular formula is C13H16N2OS. The number of aromatic nitrogens is 2. The molecule has 1 aromatic carbocycles. The highest BCUT2D eigenvalue weighted by atomic mass is 32.2. The summed E-state index contributed by atoms with van der Waals surface area (Å²) in [7, 11) is 0. The quantitative estimate of drug-likeness (QED) is 0.770. The highest BCUT2D eigenvalue weighted by molar-refractivity contribution is 7.99. The third kappa shape index (κ3) is 2.88. The van der Waals surface area contributed by atoms with E-state index >= 15 is 0 Å².